The number of anilines is 1. The van der Waals surface area contributed by atoms with E-state index in [1.54, 1.807) is 12.0 Å². The molecule has 1 amide bonds. The number of rotatable bonds is 12. The minimum Gasteiger partial charge on any atom is -0.460 e. The Kier molecular flexibility index (Phi) is 10.6. The molecule has 1 aromatic carbocycles. The van der Waals surface area contributed by atoms with Crippen LogP contribution in [0.1, 0.15) is 64.0 Å². The van der Waals surface area contributed by atoms with E-state index < -0.39 is 12.0 Å². The molecular weight excluding hydrogens is 426 g/mol. The summed E-state index contributed by atoms with van der Waals surface area (Å²) in [5.74, 6) is -0.391. The fourth-order valence-corrected chi connectivity index (χ4v) is 3.77. The van der Waals surface area contributed by atoms with Gasteiger partial charge in [-0.05, 0) is 43.3 Å². The van der Waals surface area contributed by atoms with E-state index in [-0.39, 0.29) is 12.5 Å². The highest BCUT2D eigenvalue weighted by Gasteiger charge is 2.33. The first-order chi connectivity index (χ1) is 15.4. The summed E-state index contributed by atoms with van der Waals surface area (Å²) in [5, 5.41) is 6.69. The van der Waals surface area contributed by atoms with E-state index in [1.165, 1.54) is 19.3 Å². The second-order valence-electron chi connectivity index (χ2n) is 7.90. The highest BCUT2D eigenvalue weighted by molar-refractivity contribution is 7.80. The lowest BCUT2D eigenvalue weighted by Crippen LogP contribution is -2.46. The maximum atomic E-state index is 12.8. The third-order valence-electron chi connectivity index (χ3n) is 5.53. The molecule has 0 saturated carbocycles. The molecule has 0 saturated heterocycles. The molecule has 7 nitrogen and oxygen atoms in total. The van der Waals surface area contributed by atoms with Gasteiger partial charge in [-0.2, -0.15) is 0 Å². The number of esters is 1. The summed E-state index contributed by atoms with van der Waals surface area (Å²) in [6.45, 7) is 4.53. The molecule has 2 N–H and O–H groups in total. The summed E-state index contributed by atoms with van der Waals surface area (Å²) in [6.07, 6.45) is 6.09. The Morgan fingerprint density at radius 2 is 1.81 bits per heavy atom. The van der Waals surface area contributed by atoms with Crippen LogP contribution in [0.2, 0.25) is 0 Å². The normalized spacial score (nSPS) is 16.1. The van der Waals surface area contributed by atoms with Crippen LogP contribution in [0.3, 0.4) is 0 Å². The molecule has 1 heterocycles. The average Bonchev–Trinajstić information content (AvgIpc) is 2.77. The Morgan fingerprint density at radius 3 is 2.47 bits per heavy atom. The van der Waals surface area contributed by atoms with Gasteiger partial charge in [-0.1, -0.05) is 44.7 Å². The van der Waals surface area contributed by atoms with Crippen molar-refractivity contribution in [1.82, 2.24) is 10.2 Å². The summed E-state index contributed by atoms with van der Waals surface area (Å²) >= 11 is 5.43. The minimum absolute atomic E-state index is 0.0194. The maximum Gasteiger partial charge on any atom is 0.338 e. The lowest BCUT2D eigenvalue weighted by atomic mass is 9.95. The number of hydrogen-bond donors (Lipinski definition) is 2. The third-order valence-corrected chi connectivity index (χ3v) is 5.92. The van der Waals surface area contributed by atoms with Gasteiger partial charge in [-0.3, -0.25) is 4.79 Å². The van der Waals surface area contributed by atoms with Crippen molar-refractivity contribution in [2.24, 2.45) is 0 Å². The third kappa shape index (κ3) is 7.31. The van der Waals surface area contributed by atoms with E-state index in [4.69, 9.17) is 21.7 Å². The van der Waals surface area contributed by atoms with Crippen molar-refractivity contribution in [2.75, 3.05) is 32.7 Å². The molecule has 176 valence electrons. The molecule has 0 aliphatic carbocycles. The molecular formula is C24H35N3O4S. The first-order valence-electron chi connectivity index (χ1n) is 11.2. The van der Waals surface area contributed by atoms with E-state index in [1.807, 2.05) is 38.2 Å². The Bertz CT molecular complexity index is 823. The highest BCUT2D eigenvalue weighted by Crippen LogP contribution is 2.31. The van der Waals surface area contributed by atoms with Gasteiger partial charge in [0.05, 0.1) is 18.2 Å². The lowest BCUT2D eigenvalue weighted by molar-refractivity contribution is -0.140. The van der Waals surface area contributed by atoms with E-state index in [0.717, 1.165) is 29.8 Å². The number of allylic oxidation sites excluding steroid dienone is 1. The number of nitrogens with one attached hydrogen (secondary N) is 2. The summed E-state index contributed by atoms with van der Waals surface area (Å²) < 4.78 is 10.3. The maximum absolute atomic E-state index is 12.8. The molecule has 0 bridgehead atoms. The van der Waals surface area contributed by atoms with Crippen molar-refractivity contribution >= 4 is 34.9 Å². The molecule has 1 unspecified atom stereocenters. The monoisotopic (exact) mass is 461 g/mol. The number of benzene rings is 1. The zero-order valence-electron chi connectivity index (χ0n) is 19.5. The molecule has 8 heteroatoms. The molecule has 1 atom stereocenters. The number of amides is 1. The van der Waals surface area contributed by atoms with Crippen LogP contribution in [0.4, 0.5) is 5.69 Å². The fourth-order valence-electron chi connectivity index (χ4n) is 3.52. The Hall–Kier alpha value is -2.45. The van der Waals surface area contributed by atoms with Gasteiger partial charge < -0.3 is 25.0 Å². The number of methoxy groups -OCH3 is 1. The van der Waals surface area contributed by atoms with Gasteiger partial charge in [-0.25, -0.2) is 4.79 Å². The number of thiocarbonyl (C=S) groups is 1. The lowest BCUT2D eigenvalue weighted by Gasteiger charge is -2.35. The SMILES string of the molecule is CCCCCCCC(=O)Nc1ccc(C2NC(=S)N(C)C(C)=C2C(=O)OCCOC)cc1. The molecule has 1 aromatic rings. The summed E-state index contributed by atoms with van der Waals surface area (Å²) in [7, 11) is 3.37. The van der Waals surface area contributed by atoms with Gasteiger partial charge in [0, 0.05) is 32.0 Å². The Balaban J connectivity index is 2.07. The van der Waals surface area contributed by atoms with Gasteiger partial charge in [0.15, 0.2) is 5.11 Å². The number of carbonyl (C=O) groups is 2. The van der Waals surface area contributed by atoms with Gasteiger partial charge in [0.2, 0.25) is 5.91 Å². The van der Waals surface area contributed by atoms with Crippen LogP contribution >= 0.6 is 12.2 Å². The van der Waals surface area contributed by atoms with Crippen molar-refractivity contribution in [3.05, 3.63) is 41.1 Å². The number of hydrogen-bond acceptors (Lipinski definition) is 5. The summed E-state index contributed by atoms with van der Waals surface area (Å²) in [6, 6.07) is 7.03. The largest absolute Gasteiger partial charge is 0.460 e. The van der Waals surface area contributed by atoms with Crippen molar-refractivity contribution in [3.63, 3.8) is 0 Å². The molecule has 32 heavy (non-hydrogen) atoms. The van der Waals surface area contributed by atoms with Crippen molar-refractivity contribution in [3.8, 4) is 0 Å². The quantitative estimate of drug-likeness (QED) is 0.273. The second kappa shape index (κ2) is 13.2. The standard InChI is InChI=1S/C24H35N3O4S/c1-5-6-7-8-9-10-20(28)25-19-13-11-18(12-14-19)22-21(23(29)31-16-15-30-4)17(2)27(3)24(32)26-22/h11-14,22H,5-10,15-16H2,1-4H3,(H,25,28)(H,26,32). The average molecular weight is 462 g/mol. The molecule has 0 spiro atoms. The van der Waals surface area contributed by atoms with Crippen LogP contribution in [0.5, 0.6) is 0 Å². The van der Waals surface area contributed by atoms with Crippen LogP contribution < -0.4 is 10.6 Å². The van der Waals surface area contributed by atoms with Gasteiger partial charge in [-0.15, -0.1) is 0 Å². The van der Waals surface area contributed by atoms with Crippen LogP contribution in [-0.2, 0) is 19.1 Å². The van der Waals surface area contributed by atoms with Gasteiger partial charge >= 0.3 is 5.97 Å². The zero-order valence-corrected chi connectivity index (χ0v) is 20.3. The highest BCUT2D eigenvalue weighted by atomic mass is 32.1. The van der Waals surface area contributed by atoms with Crippen LogP contribution in [0, 0.1) is 0 Å². The predicted octanol–water partition coefficient (Wildman–Crippen LogP) is 4.31. The van der Waals surface area contributed by atoms with Crippen molar-refractivity contribution < 1.29 is 19.1 Å². The number of unbranched alkanes of at least 4 members (excludes halogenated alkanes) is 4. The summed E-state index contributed by atoms with van der Waals surface area (Å²) in [5.41, 5.74) is 2.83. The molecule has 1 aliphatic rings. The molecule has 2 rings (SSSR count). The van der Waals surface area contributed by atoms with Crippen LogP contribution in [0.25, 0.3) is 0 Å². The zero-order chi connectivity index (χ0) is 23.5. The van der Waals surface area contributed by atoms with E-state index in [9.17, 15) is 9.59 Å². The number of carbonyl (C=O) groups excluding carboxylic acids is 2. The topological polar surface area (TPSA) is 79.9 Å². The molecule has 0 radical (unpaired) electrons. The Labute approximate surface area is 196 Å². The molecule has 1 aliphatic heterocycles. The Morgan fingerprint density at radius 1 is 1.12 bits per heavy atom. The molecule has 0 fully saturated rings. The van der Waals surface area contributed by atoms with Crippen LogP contribution in [-0.4, -0.2) is 49.3 Å². The fraction of sp³-hybridized carbons (Fsp3) is 0.542. The second-order valence-corrected chi connectivity index (χ2v) is 8.29. The van der Waals surface area contributed by atoms with Crippen molar-refractivity contribution in [1.29, 1.82) is 0 Å². The number of nitrogens with zero attached hydrogens (tertiary/aromatic N) is 1. The van der Waals surface area contributed by atoms with Gasteiger partial charge in [0.25, 0.3) is 0 Å². The van der Waals surface area contributed by atoms with Gasteiger partial charge in [0.1, 0.15) is 6.61 Å². The van der Waals surface area contributed by atoms with Crippen molar-refractivity contribution in [2.45, 2.75) is 58.4 Å². The van der Waals surface area contributed by atoms with Crippen LogP contribution in [0.15, 0.2) is 35.5 Å². The summed E-state index contributed by atoms with van der Waals surface area (Å²) in [4.78, 5) is 26.7. The smallest absolute Gasteiger partial charge is 0.338 e. The van der Waals surface area contributed by atoms with E-state index >= 15 is 0 Å². The minimum atomic E-state index is -0.433. The first-order valence-corrected chi connectivity index (χ1v) is 11.6. The molecule has 0 aromatic heterocycles. The predicted molar refractivity (Wildman–Crippen MR) is 130 cm³/mol. The first kappa shape index (κ1) is 25.8. The number of ether oxygens (including phenoxy) is 2. The van der Waals surface area contributed by atoms with E-state index in [0.29, 0.717) is 23.7 Å². The van der Waals surface area contributed by atoms with E-state index in [2.05, 4.69) is 17.6 Å².